The molecule has 0 N–H and O–H groups in total. The predicted molar refractivity (Wildman–Crippen MR) is 107 cm³/mol. The molecule has 0 aliphatic heterocycles. The summed E-state index contributed by atoms with van der Waals surface area (Å²) in [6.45, 7) is 2.00. The highest BCUT2D eigenvalue weighted by atomic mass is 32.1. The molecular weight excluding hydrogens is 360 g/mol. The Kier molecular flexibility index (Phi) is 5.84. The molecule has 3 rings (SSSR count). The van der Waals surface area contributed by atoms with E-state index in [0.29, 0.717) is 16.2 Å². The lowest BCUT2D eigenvalue weighted by Crippen LogP contribution is -2.10. The molecule has 3 aromatic rings. The summed E-state index contributed by atoms with van der Waals surface area (Å²) in [6.07, 6.45) is 3.20. The van der Waals surface area contributed by atoms with Gasteiger partial charge in [-0.2, -0.15) is 0 Å². The van der Waals surface area contributed by atoms with Crippen molar-refractivity contribution in [1.29, 1.82) is 0 Å². The molecule has 0 atom stereocenters. The molecule has 5 heteroatoms. The van der Waals surface area contributed by atoms with Gasteiger partial charge in [0.2, 0.25) is 0 Å². The highest BCUT2D eigenvalue weighted by Gasteiger charge is 2.17. The summed E-state index contributed by atoms with van der Waals surface area (Å²) in [5.41, 5.74) is 2.36. The third kappa shape index (κ3) is 4.71. The fraction of sp³-hybridized carbons (Fsp3) is 0.0909. The van der Waals surface area contributed by atoms with Crippen molar-refractivity contribution < 1.29 is 19.1 Å². The zero-order chi connectivity index (χ0) is 19.2. The molecule has 0 fully saturated rings. The summed E-state index contributed by atoms with van der Waals surface area (Å²) in [4.78, 5) is 25.4. The molecule has 27 heavy (non-hydrogen) atoms. The number of hydrogen-bond donors (Lipinski definition) is 0. The normalized spacial score (nSPS) is 10.7. The lowest BCUT2D eigenvalue weighted by molar-refractivity contribution is 0.0738. The second-order valence-corrected chi connectivity index (χ2v) is 6.78. The van der Waals surface area contributed by atoms with Crippen molar-refractivity contribution in [3.63, 3.8) is 0 Å². The largest absolute Gasteiger partial charge is 0.497 e. The number of thiophene rings is 1. The standard InChI is InChI=1S/C22H18O4S/c1-15-5-7-16(8-6-15)9-12-19(23)18-11-10-17(25-2)14-20(18)26-22(24)21-4-3-13-27-21/h3-14H,1-2H3. The van der Waals surface area contributed by atoms with Gasteiger partial charge in [0.1, 0.15) is 16.4 Å². The van der Waals surface area contributed by atoms with Crippen LogP contribution in [0.15, 0.2) is 66.1 Å². The molecule has 0 saturated carbocycles. The van der Waals surface area contributed by atoms with E-state index >= 15 is 0 Å². The summed E-state index contributed by atoms with van der Waals surface area (Å²) in [5.74, 6) is -0.0867. The second kappa shape index (κ2) is 8.47. The predicted octanol–water partition coefficient (Wildman–Crippen LogP) is 5.18. The highest BCUT2D eigenvalue weighted by Crippen LogP contribution is 2.27. The van der Waals surface area contributed by atoms with Gasteiger partial charge < -0.3 is 9.47 Å². The number of hydrogen-bond acceptors (Lipinski definition) is 5. The maximum absolute atomic E-state index is 12.7. The average molecular weight is 378 g/mol. The molecule has 0 radical (unpaired) electrons. The molecule has 0 spiro atoms. The third-order valence-electron chi connectivity index (χ3n) is 3.88. The molecule has 0 aliphatic rings. The van der Waals surface area contributed by atoms with Crippen LogP contribution >= 0.6 is 11.3 Å². The number of esters is 1. The first kappa shape index (κ1) is 18.6. The molecule has 136 valence electrons. The minimum absolute atomic E-state index is 0.173. The van der Waals surface area contributed by atoms with E-state index in [-0.39, 0.29) is 11.5 Å². The van der Waals surface area contributed by atoms with Gasteiger partial charge in [-0.25, -0.2) is 4.79 Å². The Morgan fingerprint density at radius 1 is 1.04 bits per heavy atom. The molecule has 0 unspecified atom stereocenters. The van der Waals surface area contributed by atoms with Crippen LogP contribution in [0.1, 0.15) is 31.2 Å². The molecule has 1 heterocycles. The molecule has 0 saturated heterocycles. The van der Waals surface area contributed by atoms with Crippen molar-refractivity contribution >= 4 is 29.2 Å². The van der Waals surface area contributed by atoms with Crippen LogP contribution < -0.4 is 9.47 Å². The number of carbonyl (C=O) groups excluding carboxylic acids is 2. The van der Waals surface area contributed by atoms with Crippen molar-refractivity contribution in [2.24, 2.45) is 0 Å². The van der Waals surface area contributed by atoms with Gasteiger partial charge in [-0.1, -0.05) is 42.0 Å². The van der Waals surface area contributed by atoms with Crippen molar-refractivity contribution in [3.8, 4) is 11.5 Å². The van der Waals surface area contributed by atoms with Crippen LogP contribution in [-0.4, -0.2) is 18.9 Å². The van der Waals surface area contributed by atoms with Crippen LogP contribution in [0, 0.1) is 6.92 Å². The Bertz CT molecular complexity index is 970. The maximum atomic E-state index is 12.7. The first-order chi connectivity index (χ1) is 13.1. The Morgan fingerprint density at radius 2 is 1.81 bits per heavy atom. The number of benzene rings is 2. The number of methoxy groups -OCH3 is 1. The van der Waals surface area contributed by atoms with Gasteiger partial charge in [-0.15, -0.1) is 11.3 Å². The van der Waals surface area contributed by atoms with E-state index in [4.69, 9.17) is 9.47 Å². The maximum Gasteiger partial charge on any atom is 0.353 e. The van der Waals surface area contributed by atoms with Crippen molar-refractivity contribution in [3.05, 3.63) is 87.6 Å². The third-order valence-corrected chi connectivity index (χ3v) is 4.73. The zero-order valence-corrected chi connectivity index (χ0v) is 15.8. The van der Waals surface area contributed by atoms with Crippen molar-refractivity contribution in [1.82, 2.24) is 0 Å². The van der Waals surface area contributed by atoms with Crippen LogP contribution in [0.2, 0.25) is 0 Å². The molecule has 1 aromatic heterocycles. The summed E-state index contributed by atoms with van der Waals surface area (Å²) < 4.78 is 10.6. The Balaban J connectivity index is 1.86. The average Bonchev–Trinajstić information content (AvgIpc) is 3.22. The van der Waals surface area contributed by atoms with Crippen molar-refractivity contribution in [2.75, 3.05) is 7.11 Å². The van der Waals surface area contributed by atoms with Crippen LogP contribution in [0.4, 0.5) is 0 Å². The molecule has 0 amide bonds. The number of carbonyl (C=O) groups is 2. The van der Waals surface area contributed by atoms with Crippen LogP contribution in [-0.2, 0) is 0 Å². The minimum Gasteiger partial charge on any atom is -0.497 e. The molecule has 4 nitrogen and oxygen atoms in total. The first-order valence-corrected chi connectivity index (χ1v) is 9.17. The topological polar surface area (TPSA) is 52.6 Å². The van der Waals surface area contributed by atoms with E-state index in [2.05, 4.69) is 0 Å². The number of rotatable bonds is 6. The summed E-state index contributed by atoms with van der Waals surface area (Å²) in [6, 6.07) is 16.1. The fourth-order valence-electron chi connectivity index (χ4n) is 2.40. The molecule has 0 bridgehead atoms. The SMILES string of the molecule is COc1ccc(C(=O)C=Cc2ccc(C)cc2)c(OC(=O)c2cccs2)c1. The summed E-state index contributed by atoms with van der Waals surface area (Å²) in [5, 5.41) is 1.79. The Morgan fingerprint density at radius 3 is 2.48 bits per heavy atom. The van der Waals surface area contributed by atoms with Gasteiger partial charge in [0.25, 0.3) is 0 Å². The monoisotopic (exact) mass is 378 g/mol. The Labute approximate surface area is 161 Å². The van der Waals surface area contributed by atoms with Gasteiger partial charge >= 0.3 is 5.97 Å². The second-order valence-electron chi connectivity index (χ2n) is 5.84. The molecular formula is C22H18O4S. The number of aryl methyl sites for hydroxylation is 1. The fourth-order valence-corrected chi connectivity index (χ4v) is 3.00. The number of ether oxygens (including phenoxy) is 2. The number of allylic oxidation sites excluding steroid dienone is 1. The van der Waals surface area contributed by atoms with Crippen molar-refractivity contribution in [2.45, 2.75) is 6.92 Å². The van der Waals surface area contributed by atoms with Gasteiger partial charge in [0.15, 0.2) is 5.78 Å². The minimum atomic E-state index is -0.505. The van der Waals surface area contributed by atoms with E-state index < -0.39 is 5.97 Å². The van der Waals surface area contributed by atoms with Gasteiger partial charge in [0, 0.05) is 6.07 Å². The molecule has 0 aliphatic carbocycles. The van der Waals surface area contributed by atoms with E-state index in [1.807, 2.05) is 31.2 Å². The van der Waals surface area contributed by atoms with E-state index in [9.17, 15) is 9.59 Å². The van der Waals surface area contributed by atoms with Gasteiger partial charge in [-0.05, 0) is 42.1 Å². The van der Waals surface area contributed by atoms with Gasteiger partial charge in [-0.3, -0.25) is 4.79 Å². The Hall–Kier alpha value is -3.18. The van der Waals surface area contributed by atoms with Crippen LogP contribution in [0.25, 0.3) is 6.08 Å². The summed E-state index contributed by atoms with van der Waals surface area (Å²) in [7, 11) is 1.51. The highest BCUT2D eigenvalue weighted by molar-refractivity contribution is 7.12. The lowest BCUT2D eigenvalue weighted by atomic mass is 10.1. The van der Waals surface area contributed by atoms with E-state index in [0.717, 1.165) is 11.1 Å². The van der Waals surface area contributed by atoms with E-state index in [1.165, 1.54) is 24.5 Å². The van der Waals surface area contributed by atoms with Crippen LogP contribution in [0.3, 0.4) is 0 Å². The molecule has 2 aromatic carbocycles. The first-order valence-electron chi connectivity index (χ1n) is 8.29. The quantitative estimate of drug-likeness (QED) is 0.257. The zero-order valence-electron chi connectivity index (χ0n) is 15.0. The lowest BCUT2D eigenvalue weighted by Gasteiger charge is -2.09. The smallest absolute Gasteiger partial charge is 0.353 e. The van der Waals surface area contributed by atoms with Gasteiger partial charge in [0.05, 0.1) is 12.7 Å². The number of ketones is 1. The van der Waals surface area contributed by atoms with Crippen LogP contribution in [0.5, 0.6) is 11.5 Å². The summed E-state index contributed by atoms with van der Waals surface area (Å²) >= 11 is 1.28. The van der Waals surface area contributed by atoms with E-state index in [1.54, 1.807) is 41.8 Å².